The molecular weight excluding hydrogens is 330 g/mol. The third kappa shape index (κ3) is 3.51. The van der Waals surface area contributed by atoms with Gasteiger partial charge >= 0.3 is 6.03 Å². The summed E-state index contributed by atoms with van der Waals surface area (Å²) in [4.78, 5) is 18.9. The number of ether oxygens (including phenoxy) is 1. The topological polar surface area (TPSA) is 74.7 Å². The number of carbonyl (C=O) groups is 1. The summed E-state index contributed by atoms with van der Waals surface area (Å²) in [5.74, 6) is 0.550. The van der Waals surface area contributed by atoms with Crippen molar-refractivity contribution in [2.24, 2.45) is 5.92 Å². The SMILES string of the molecule is O=C(Nc1ccccc1)N1C[C@H](Oc2ccccn2)[C@H]2C[C@@H]1CC[C@H]2O. The van der Waals surface area contributed by atoms with Crippen molar-refractivity contribution in [3.8, 4) is 5.88 Å². The lowest BCUT2D eigenvalue weighted by Gasteiger charge is -2.48. The van der Waals surface area contributed by atoms with Crippen LogP contribution in [0.2, 0.25) is 0 Å². The molecule has 2 bridgehead atoms. The highest BCUT2D eigenvalue weighted by Crippen LogP contribution is 2.37. The van der Waals surface area contributed by atoms with Crippen LogP contribution in [-0.2, 0) is 0 Å². The average molecular weight is 353 g/mol. The van der Waals surface area contributed by atoms with Gasteiger partial charge in [-0.2, -0.15) is 0 Å². The number of urea groups is 1. The van der Waals surface area contributed by atoms with Crippen LogP contribution < -0.4 is 10.1 Å². The van der Waals surface area contributed by atoms with Crippen molar-refractivity contribution in [2.75, 3.05) is 11.9 Å². The number of aliphatic hydroxyl groups is 1. The molecule has 6 nitrogen and oxygen atoms in total. The Balaban J connectivity index is 1.51. The number of rotatable bonds is 3. The highest BCUT2D eigenvalue weighted by Gasteiger charge is 2.45. The molecule has 0 spiro atoms. The van der Waals surface area contributed by atoms with E-state index in [1.165, 1.54) is 0 Å². The second-order valence-corrected chi connectivity index (χ2v) is 6.97. The Bertz CT molecular complexity index is 740. The summed E-state index contributed by atoms with van der Waals surface area (Å²) >= 11 is 0. The molecule has 1 aromatic heterocycles. The summed E-state index contributed by atoms with van der Waals surface area (Å²) in [5, 5.41) is 13.4. The molecule has 2 aliphatic rings. The number of benzene rings is 1. The number of likely N-dealkylation sites (tertiary alicyclic amines) is 1. The molecule has 2 aromatic rings. The number of pyridine rings is 1. The first-order valence-electron chi connectivity index (χ1n) is 9.09. The number of aliphatic hydroxyl groups excluding tert-OH is 1. The maximum Gasteiger partial charge on any atom is 0.322 e. The number of anilines is 1. The zero-order valence-corrected chi connectivity index (χ0v) is 14.5. The van der Waals surface area contributed by atoms with Crippen LogP contribution in [0.1, 0.15) is 19.3 Å². The minimum Gasteiger partial charge on any atom is -0.472 e. The van der Waals surface area contributed by atoms with E-state index in [9.17, 15) is 9.90 Å². The number of amides is 2. The molecule has 0 unspecified atom stereocenters. The second-order valence-electron chi connectivity index (χ2n) is 6.97. The largest absolute Gasteiger partial charge is 0.472 e. The van der Waals surface area contributed by atoms with E-state index >= 15 is 0 Å². The quantitative estimate of drug-likeness (QED) is 0.890. The number of piperidine rings is 1. The van der Waals surface area contributed by atoms with Crippen molar-refractivity contribution in [1.82, 2.24) is 9.88 Å². The molecule has 1 saturated heterocycles. The third-order valence-electron chi connectivity index (χ3n) is 5.32. The maximum atomic E-state index is 12.8. The van der Waals surface area contributed by atoms with Crippen LogP contribution in [0.25, 0.3) is 0 Å². The number of nitrogens with zero attached hydrogens (tertiary/aromatic N) is 2. The predicted octanol–water partition coefficient (Wildman–Crippen LogP) is 2.91. The van der Waals surface area contributed by atoms with Crippen molar-refractivity contribution >= 4 is 11.7 Å². The molecular formula is C20H23N3O3. The Morgan fingerprint density at radius 2 is 1.96 bits per heavy atom. The van der Waals surface area contributed by atoms with Gasteiger partial charge in [0.15, 0.2) is 0 Å². The lowest BCUT2D eigenvalue weighted by Crippen LogP contribution is -2.60. The van der Waals surface area contributed by atoms with Gasteiger partial charge in [0.25, 0.3) is 0 Å². The summed E-state index contributed by atoms with van der Waals surface area (Å²) < 4.78 is 6.05. The Labute approximate surface area is 152 Å². The Morgan fingerprint density at radius 3 is 2.73 bits per heavy atom. The average Bonchev–Trinajstić information content (AvgIpc) is 2.67. The minimum absolute atomic E-state index is 0.0246. The van der Waals surface area contributed by atoms with E-state index in [1.54, 1.807) is 12.3 Å². The summed E-state index contributed by atoms with van der Waals surface area (Å²) in [6.07, 6.45) is 3.28. The van der Waals surface area contributed by atoms with Crippen molar-refractivity contribution in [3.05, 3.63) is 54.7 Å². The highest BCUT2D eigenvalue weighted by atomic mass is 16.5. The summed E-state index contributed by atoms with van der Waals surface area (Å²) in [6.45, 7) is 0.446. The van der Waals surface area contributed by atoms with E-state index in [1.807, 2.05) is 47.4 Å². The Morgan fingerprint density at radius 1 is 1.15 bits per heavy atom. The molecule has 4 atom stereocenters. The predicted molar refractivity (Wildman–Crippen MR) is 98.0 cm³/mol. The molecule has 1 saturated carbocycles. The lowest BCUT2D eigenvalue weighted by molar-refractivity contribution is -0.0662. The summed E-state index contributed by atoms with van der Waals surface area (Å²) in [5.41, 5.74) is 0.776. The van der Waals surface area contributed by atoms with Crippen LogP contribution in [0.4, 0.5) is 10.5 Å². The zero-order chi connectivity index (χ0) is 17.9. The number of aromatic nitrogens is 1. The molecule has 136 valence electrons. The number of nitrogens with one attached hydrogen (secondary N) is 1. The van der Waals surface area contributed by atoms with Gasteiger partial charge in [-0.3, -0.25) is 0 Å². The van der Waals surface area contributed by atoms with Crippen LogP contribution in [0.3, 0.4) is 0 Å². The third-order valence-corrected chi connectivity index (χ3v) is 5.32. The smallest absolute Gasteiger partial charge is 0.322 e. The fourth-order valence-electron chi connectivity index (χ4n) is 3.99. The van der Waals surface area contributed by atoms with Crippen molar-refractivity contribution in [2.45, 2.75) is 37.5 Å². The van der Waals surface area contributed by atoms with E-state index in [0.717, 1.165) is 18.5 Å². The minimum atomic E-state index is -0.390. The number of carbonyl (C=O) groups excluding carboxylic acids is 1. The van der Waals surface area contributed by atoms with Gasteiger partial charge in [-0.1, -0.05) is 24.3 Å². The van der Waals surface area contributed by atoms with E-state index < -0.39 is 0 Å². The monoisotopic (exact) mass is 353 g/mol. The van der Waals surface area contributed by atoms with Crippen LogP contribution in [-0.4, -0.2) is 45.8 Å². The summed E-state index contributed by atoms with van der Waals surface area (Å²) in [6, 6.07) is 15.0. The molecule has 26 heavy (non-hydrogen) atoms. The van der Waals surface area contributed by atoms with E-state index in [0.29, 0.717) is 18.8 Å². The molecule has 1 aromatic carbocycles. The van der Waals surface area contributed by atoms with Gasteiger partial charge in [0.2, 0.25) is 5.88 Å². The lowest BCUT2D eigenvalue weighted by atomic mass is 9.76. The Kier molecular flexibility index (Phi) is 4.75. The normalized spacial score (nSPS) is 27.7. The number of hydrogen-bond donors (Lipinski definition) is 2. The maximum absolute atomic E-state index is 12.8. The molecule has 2 heterocycles. The molecule has 6 heteroatoms. The standard InChI is InChI=1S/C20H23N3O3/c24-17-10-9-15-12-16(17)18(26-19-8-4-5-11-21-19)13-23(15)20(25)22-14-6-2-1-3-7-14/h1-8,11,15-18,24H,9-10,12-13H2,(H,22,25)/t15-,16-,17+,18-/m0/s1. The number of hydrogen-bond acceptors (Lipinski definition) is 4. The fraction of sp³-hybridized carbons (Fsp3) is 0.400. The van der Waals surface area contributed by atoms with Crippen LogP contribution in [0.5, 0.6) is 5.88 Å². The highest BCUT2D eigenvalue weighted by molar-refractivity contribution is 5.89. The molecule has 1 aliphatic heterocycles. The fourth-order valence-corrected chi connectivity index (χ4v) is 3.99. The van der Waals surface area contributed by atoms with Gasteiger partial charge in [0, 0.05) is 29.9 Å². The Hall–Kier alpha value is -2.60. The molecule has 2 fully saturated rings. The van der Waals surface area contributed by atoms with Crippen molar-refractivity contribution < 1.29 is 14.6 Å². The first-order valence-corrected chi connectivity index (χ1v) is 9.09. The van der Waals surface area contributed by atoms with Gasteiger partial charge in [0.1, 0.15) is 6.10 Å². The van der Waals surface area contributed by atoms with Gasteiger partial charge in [-0.25, -0.2) is 9.78 Å². The summed E-state index contributed by atoms with van der Waals surface area (Å²) in [7, 11) is 0. The van der Waals surface area contributed by atoms with E-state index in [-0.39, 0.29) is 30.2 Å². The number of fused-ring (bicyclic) bond motifs is 2. The van der Waals surface area contributed by atoms with Crippen LogP contribution in [0, 0.1) is 5.92 Å². The molecule has 2 N–H and O–H groups in total. The molecule has 4 rings (SSSR count). The van der Waals surface area contributed by atoms with Gasteiger partial charge in [0.05, 0.1) is 12.6 Å². The molecule has 2 amide bonds. The van der Waals surface area contributed by atoms with Crippen LogP contribution in [0.15, 0.2) is 54.7 Å². The zero-order valence-electron chi connectivity index (χ0n) is 14.5. The molecule has 1 aliphatic carbocycles. The first-order chi connectivity index (χ1) is 12.7. The van der Waals surface area contributed by atoms with E-state index in [2.05, 4.69) is 10.3 Å². The second kappa shape index (κ2) is 7.33. The van der Waals surface area contributed by atoms with Gasteiger partial charge < -0.3 is 20.1 Å². The van der Waals surface area contributed by atoms with Crippen LogP contribution >= 0.6 is 0 Å². The molecule has 0 radical (unpaired) electrons. The number of para-hydroxylation sites is 1. The van der Waals surface area contributed by atoms with Gasteiger partial charge in [-0.15, -0.1) is 0 Å². The van der Waals surface area contributed by atoms with Gasteiger partial charge in [-0.05, 0) is 37.5 Å². The first kappa shape index (κ1) is 16.8. The van der Waals surface area contributed by atoms with E-state index in [4.69, 9.17) is 4.74 Å². The van der Waals surface area contributed by atoms with Crippen molar-refractivity contribution in [3.63, 3.8) is 0 Å². The van der Waals surface area contributed by atoms with Crippen molar-refractivity contribution in [1.29, 1.82) is 0 Å².